The fourth-order valence-corrected chi connectivity index (χ4v) is 1.93. The summed E-state index contributed by atoms with van der Waals surface area (Å²) >= 11 is 0. The van der Waals surface area contributed by atoms with Crippen molar-refractivity contribution in [1.82, 2.24) is 4.90 Å². The molecule has 2 nitrogen and oxygen atoms in total. The van der Waals surface area contributed by atoms with E-state index in [4.69, 9.17) is 5.73 Å². The third-order valence-electron chi connectivity index (χ3n) is 2.57. The summed E-state index contributed by atoms with van der Waals surface area (Å²) in [6.45, 7) is 1.17. The summed E-state index contributed by atoms with van der Waals surface area (Å²) in [5.41, 5.74) is 6.00. The molecule has 1 fully saturated rings. The maximum absolute atomic E-state index is 6.00. The van der Waals surface area contributed by atoms with Crippen LogP contribution < -0.4 is 5.73 Å². The minimum absolute atomic E-state index is 0.464. The lowest BCUT2D eigenvalue weighted by molar-refractivity contribution is 0.235. The summed E-state index contributed by atoms with van der Waals surface area (Å²) in [5, 5.41) is 0. The van der Waals surface area contributed by atoms with E-state index in [0.29, 0.717) is 6.04 Å². The van der Waals surface area contributed by atoms with Gasteiger partial charge in [0.2, 0.25) is 0 Å². The third-order valence-corrected chi connectivity index (χ3v) is 2.57. The highest BCUT2D eigenvalue weighted by molar-refractivity contribution is 4.79. The van der Waals surface area contributed by atoms with Crippen LogP contribution in [0.5, 0.6) is 0 Å². The van der Waals surface area contributed by atoms with Gasteiger partial charge < -0.3 is 10.6 Å². The lowest BCUT2D eigenvalue weighted by atomic mass is 9.85. The Bertz CT molecular complexity index is 112. The highest BCUT2D eigenvalue weighted by Gasteiger charge is 2.21. The quantitative estimate of drug-likeness (QED) is 0.648. The van der Waals surface area contributed by atoms with Gasteiger partial charge in [0.1, 0.15) is 0 Å². The van der Waals surface area contributed by atoms with Crippen LogP contribution in [0.4, 0.5) is 0 Å². The van der Waals surface area contributed by atoms with E-state index in [9.17, 15) is 0 Å². The van der Waals surface area contributed by atoms with Crippen LogP contribution in [0.25, 0.3) is 0 Å². The second kappa shape index (κ2) is 4.07. The Morgan fingerprint density at radius 2 is 1.91 bits per heavy atom. The first kappa shape index (κ1) is 9.01. The van der Waals surface area contributed by atoms with Crippen molar-refractivity contribution in [3.05, 3.63) is 0 Å². The van der Waals surface area contributed by atoms with E-state index < -0.39 is 0 Å². The van der Waals surface area contributed by atoms with Crippen LogP contribution in [0.3, 0.4) is 0 Å². The number of nitrogens with zero attached hydrogens (tertiary/aromatic N) is 1. The summed E-state index contributed by atoms with van der Waals surface area (Å²) in [4.78, 5) is 2.25. The molecule has 0 radical (unpaired) electrons. The summed E-state index contributed by atoms with van der Waals surface area (Å²) in [5.74, 6) is 0.749. The maximum Gasteiger partial charge on any atom is 0.00793 e. The van der Waals surface area contributed by atoms with Crippen LogP contribution in [-0.4, -0.2) is 31.6 Å². The zero-order valence-corrected chi connectivity index (χ0v) is 7.71. The summed E-state index contributed by atoms with van der Waals surface area (Å²) in [6.07, 6.45) is 5.29. The van der Waals surface area contributed by atoms with Crippen molar-refractivity contribution >= 4 is 0 Å². The van der Waals surface area contributed by atoms with E-state index >= 15 is 0 Å². The van der Waals surface area contributed by atoms with Crippen molar-refractivity contribution < 1.29 is 0 Å². The lowest BCUT2D eigenvalue weighted by Crippen LogP contribution is -2.38. The van der Waals surface area contributed by atoms with E-state index in [-0.39, 0.29) is 0 Å². The molecule has 0 aromatic heterocycles. The van der Waals surface area contributed by atoms with E-state index in [0.717, 1.165) is 5.92 Å². The molecule has 1 rings (SSSR count). The molecule has 66 valence electrons. The Morgan fingerprint density at radius 3 is 2.45 bits per heavy atom. The summed E-state index contributed by atoms with van der Waals surface area (Å²) in [7, 11) is 4.25. The molecule has 2 atom stereocenters. The Balaban J connectivity index is 2.29. The molecule has 0 aromatic rings. The van der Waals surface area contributed by atoms with Gasteiger partial charge in [-0.2, -0.15) is 0 Å². The van der Waals surface area contributed by atoms with Gasteiger partial charge >= 0.3 is 0 Å². The predicted octanol–water partition coefficient (Wildman–Crippen LogP) is 1.07. The largest absolute Gasteiger partial charge is 0.327 e. The van der Waals surface area contributed by atoms with Crippen LogP contribution >= 0.6 is 0 Å². The maximum atomic E-state index is 6.00. The van der Waals surface area contributed by atoms with Gasteiger partial charge in [-0.25, -0.2) is 0 Å². The molecular weight excluding hydrogens is 136 g/mol. The van der Waals surface area contributed by atoms with E-state index in [1.54, 1.807) is 0 Å². The minimum atomic E-state index is 0.464. The minimum Gasteiger partial charge on any atom is -0.327 e. The fourth-order valence-electron chi connectivity index (χ4n) is 1.93. The molecule has 0 aromatic carbocycles. The average molecular weight is 156 g/mol. The van der Waals surface area contributed by atoms with Crippen molar-refractivity contribution in [2.24, 2.45) is 11.7 Å². The Hall–Kier alpha value is -0.0800. The molecule has 0 aliphatic heterocycles. The Labute approximate surface area is 69.8 Å². The molecule has 0 amide bonds. The number of hydrogen-bond donors (Lipinski definition) is 1. The smallest absolute Gasteiger partial charge is 0.00793 e. The molecule has 0 saturated heterocycles. The second-order valence-electron chi connectivity index (χ2n) is 3.97. The summed E-state index contributed by atoms with van der Waals surface area (Å²) < 4.78 is 0. The molecule has 1 saturated carbocycles. The second-order valence-corrected chi connectivity index (χ2v) is 3.97. The van der Waals surface area contributed by atoms with Crippen molar-refractivity contribution in [2.75, 3.05) is 20.6 Å². The van der Waals surface area contributed by atoms with Crippen LogP contribution in [0.1, 0.15) is 25.7 Å². The molecule has 2 N–H and O–H groups in total. The van der Waals surface area contributed by atoms with Gasteiger partial charge in [0.15, 0.2) is 0 Å². The van der Waals surface area contributed by atoms with Gasteiger partial charge in [0, 0.05) is 12.6 Å². The lowest BCUT2D eigenvalue weighted by Gasteiger charge is -2.30. The van der Waals surface area contributed by atoms with Gasteiger partial charge in [-0.1, -0.05) is 12.8 Å². The number of rotatable bonds is 2. The van der Waals surface area contributed by atoms with Crippen molar-refractivity contribution in [1.29, 1.82) is 0 Å². The zero-order chi connectivity index (χ0) is 8.27. The topological polar surface area (TPSA) is 29.3 Å². The molecular formula is C9H20N2. The Morgan fingerprint density at radius 1 is 1.27 bits per heavy atom. The van der Waals surface area contributed by atoms with Gasteiger partial charge in [-0.05, 0) is 32.9 Å². The van der Waals surface area contributed by atoms with Crippen molar-refractivity contribution in [3.8, 4) is 0 Å². The van der Waals surface area contributed by atoms with Gasteiger partial charge in [0.25, 0.3) is 0 Å². The van der Waals surface area contributed by atoms with Crippen molar-refractivity contribution in [3.63, 3.8) is 0 Å². The standard InChI is InChI=1S/C9H20N2/c1-11(2)7-8-5-3-4-6-9(8)10/h8-9H,3-7,10H2,1-2H3/t8-,9+/m1/s1. The Kier molecular flexibility index (Phi) is 3.34. The number of nitrogens with two attached hydrogens (primary N) is 1. The highest BCUT2D eigenvalue weighted by Crippen LogP contribution is 2.22. The fraction of sp³-hybridized carbons (Fsp3) is 1.00. The van der Waals surface area contributed by atoms with E-state index in [2.05, 4.69) is 19.0 Å². The first-order valence-corrected chi connectivity index (χ1v) is 4.60. The molecule has 0 unspecified atom stereocenters. The third kappa shape index (κ3) is 2.80. The zero-order valence-electron chi connectivity index (χ0n) is 7.71. The van der Waals surface area contributed by atoms with Crippen LogP contribution in [0.15, 0.2) is 0 Å². The van der Waals surface area contributed by atoms with Gasteiger partial charge in [-0.3, -0.25) is 0 Å². The molecule has 1 aliphatic carbocycles. The number of hydrogen-bond acceptors (Lipinski definition) is 2. The molecule has 2 heteroatoms. The normalized spacial score (nSPS) is 32.7. The van der Waals surface area contributed by atoms with Gasteiger partial charge in [0.05, 0.1) is 0 Å². The SMILES string of the molecule is CN(C)C[C@H]1CCCC[C@@H]1N. The van der Waals surface area contributed by atoms with Crippen LogP contribution in [0.2, 0.25) is 0 Å². The monoisotopic (exact) mass is 156 g/mol. The molecule has 11 heavy (non-hydrogen) atoms. The van der Waals surface area contributed by atoms with E-state index in [1.165, 1.54) is 32.2 Å². The molecule has 0 bridgehead atoms. The molecule has 0 spiro atoms. The molecule has 1 aliphatic rings. The first-order chi connectivity index (χ1) is 5.20. The molecule has 0 heterocycles. The highest BCUT2D eigenvalue weighted by atomic mass is 15.1. The average Bonchev–Trinajstić information content (AvgIpc) is 1.93. The van der Waals surface area contributed by atoms with Crippen molar-refractivity contribution in [2.45, 2.75) is 31.7 Å². The first-order valence-electron chi connectivity index (χ1n) is 4.60. The van der Waals surface area contributed by atoms with E-state index in [1.807, 2.05) is 0 Å². The van der Waals surface area contributed by atoms with Crippen LogP contribution in [0, 0.1) is 5.92 Å². The summed E-state index contributed by atoms with van der Waals surface area (Å²) in [6, 6.07) is 0.464. The van der Waals surface area contributed by atoms with Crippen LogP contribution in [-0.2, 0) is 0 Å². The van der Waals surface area contributed by atoms with Gasteiger partial charge in [-0.15, -0.1) is 0 Å². The predicted molar refractivity (Wildman–Crippen MR) is 48.5 cm³/mol.